The fourth-order valence-corrected chi connectivity index (χ4v) is 3.87. The van der Waals surface area contributed by atoms with Gasteiger partial charge >= 0.3 is 6.36 Å². The second kappa shape index (κ2) is 7.75. The molecule has 3 rings (SSSR count). The Morgan fingerprint density at radius 1 is 1.22 bits per heavy atom. The molecule has 0 aliphatic carbocycles. The van der Waals surface area contributed by atoms with Gasteiger partial charge in [0.15, 0.2) is 0 Å². The summed E-state index contributed by atoms with van der Waals surface area (Å²) < 4.78 is 46.6. The monoisotopic (exact) mass is 400 g/mol. The zero-order valence-corrected chi connectivity index (χ0v) is 15.7. The maximum Gasteiger partial charge on any atom is 0.573 e. The topological polar surface area (TPSA) is 51.7 Å². The van der Waals surface area contributed by atoms with Crippen LogP contribution in [-0.2, 0) is 0 Å². The van der Waals surface area contributed by atoms with Crippen molar-refractivity contribution in [2.75, 3.05) is 13.1 Å². The number of alkyl halides is 3. The molecule has 2 aromatic rings. The highest BCUT2D eigenvalue weighted by Crippen LogP contribution is 2.28. The zero-order valence-electron chi connectivity index (χ0n) is 14.9. The summed E-state index contributed by atoms with van der Waals surface area (Å²) in [6.07, 6.45) is -3.70. The van der Waals surface area contributed by atoms with Crippen molar-refractivity contribution < 1.29 is 27.4 Å². The summed E-state index contributed by atoms with van der Waals surface area (Å²) in [6, 6.07) is 5.48. The average molecular weight is 400 g/mol. The van der Waals surface area contributed by atoms with E-state index >= 15 is 0 Å². The van der Waals surface area contributed by atoms with E-state index in [9.17, 15) is 18.0 Å². The summed E-state index contributed by atoms with van der Waals surface area (Å²) >= 11 is 1.39. The van der Waals surface area contributed by atoms with Crippen molar-refractivity contribution in [3.63, 3.8) is 0 Å². The van der Waals surface area contributed by atoms with Gasteiger partial charge < -0.3 is 14.4 Å². The summed E-state index contributed by atoms with van der Waals surface area (Å²) in [7, 11) is 0. The van der Waals surface area contributed by atoms with Crippen LogP contribution in [0.15, 0.2) is 24.3 Å². The second-order valence-corrected chi connectivity index (χ2v) is 7.48. The first-order valence-electron chi connectivity index (χ1n) is 8.47. The molecular weight excluding hydrogens is 381 g/mol. The fourth-order valence-electron chi connectivity index (χ4n) is 2.99. The molecule has 5 nitrogen and oxygen atoms in total. The number of carbonyl (C=O) groups is 1. The van der Waals surface area contributed by atoms with Crippen LogP contribution in [0.2, 0.25) is 0 Å². The molecule has 0 saturated carbocycles. The molecule has 2 heterocycles. The number of thiazole rings is 1. The van der Waals surface area contributed by atoms with Gasteiger partial charge in [-0.15, -0.1) is 24.5 Å². The first kappa shape index (κ1) is 19.5. The van der Waals surface area contributed by atoms with Gasteiger partial charge in [0, 0.05) is 32.0 Å². The molecule has 27 heavy (non-hydrogen) atoms. The summed E-state index contributed by atoms with van der Waals surface area (Å²) in [5.41, 5.74) is 0.738. The van der Waals surface area contributed by atoms with Crippen LogP contribution in [0.4, 0.5) is 13.2 Å². The van der Waals surface area contributed by atoms with Crippen LogP contribution in [0.5, 0.6) is 11.5 Å². The van der Waals surface area contributed by atoms with Crippen LogP contribution in [0, 0.1) is 13.8 Å². The third-order valence-corrected chi connectivity index (χ3v) is 5.23. The molecule has 1 saturated heterocycles. The second-order valence-electron chi connectivity index (χ2n) is 6.28. The Morgan fingerprint density at radius 2 is 1.89 bits per heavy atom. The minimum Gasteiger partial charge on any atom is -0.490 e. The van der Waals surface area contributed by atoms with Gasteiger partial charge in [-0.2, -0.15) is 0 Å². The third kappa shape index (κ3) is 5.12. The number of hydrogen-bond acceptors (Lipinski definition) is 5. The minimum absolute atomic E-state index is 0.0304. The van der Waals surface area contributed by atoms with E-state index < -0.39 is 6.36 Å². The molecular formula is C18H19F3N2O3S. The quantitative estimate of drug-likeness (QED) is 0.766. The SMILES string of the molecule is Cc1nc(C)c(C(=O)N2CCC(Oc3cccc(OC(F)(F)F)c3)CC2)s1. The Bertz CT molecular complexity index is 814. The van der Waals surface area contributed by atoms with Crippen LogP contribution in [0.3, 0.4) is 0 Å². The molecule has 1 aliphatic rings. The van der Waals surface area contributed by atoms with Crippen LogP contribution < -0.4 is 9.47 Å². The molecule has 1 aromatic carbocycles. The lowest BCUT2D eigenvalue weighted by molar-refractivity contribution is -0.274. The number of amides is 1. The highest BCUT2D eigenvalue weighted by Gasteiger charge is 2.31. The number of nitrogens with zero attached hydrogens (tertiary/aromatic N) is 2. The Balaban J connectivity index is 1.56. The van der Waals surface area contributed by atoms with Gasteiger partial charge in [-0.3, -0.25) is 4.79 Å². The number of aromatic nitrogens is 1. The van der Waals surface area contributed by atoms with Gasteiger partial charge in [-0.25, -0.2) is 4.98 Å². The van der Waals surface area contributed by atoms with Gasteiger partial charge in [0.05, 0.1) is 10.7 Å². The number of ether oxygens (including phenoxy) is 2. The van der Waals surface area contributed by atoms with Gasteiger partial charge in [-0.1, -0.05) is 6.07 Å². The van der Waals surface area contributed by atoms with Crippen molar-refractivity contribution >= 4 is 17.2 Å². The van der Waals surface area contributed by atoms with E-state index in [0.29, 0.717) is 36.6 Å². The maximum atomic E-state index is 12.6. The molecule has 1 aliphatic heterocycles. The van der Waals surface area contributed by atoms with Crippen molar-refractivity contribution in [1.29, 1.82) is 0 Å². The number of benzene rings is 1. The van der Waals surface area contributed by atoms with E-state index in [1.165, 1.54) is 29.5 Å². The lowest BCUT2D eigenvalue weighted by Crippen LogP contribution is -2.41. The van der Waals surface area contributed by atoms with E-state index in [1.807, 2.05) is 13.8 Å². The minimum atomic E-state index is -4.74. The zero-order chi connectivity index (χ0) is 19.6. The molecule has 0 radical (unpaired) electrons. The number of rotatable bonds is 4. The molecule has 1 fully saturated rings. The molecule has 0 atom stereocenters. The highest BCUT2D eigenvalue weighted by molar-refractivity contribution is 7.13. The summed E-state index contributed by atoms with van der Waals surface area (Å²) in [5.74, 6) is -0.0313. The summed E-state index contributed by atoms with van der Waals surface area (Å²) in [6.45, 7) is 4.74. The van der Waals surface area contributed by atoms with Crippen LogP contribution in [0.25, 0.3) is 0 Å². The largest absolute Gasteiger partial charge is 0.573 e. The van der Waals surface area contributed by atoms with Crippen molar-refractivity contribution in [1.82, 2.24) is 9.88 Å². The van der Waals surface area contributed by atoms with E-state index in [4.69, 9.17) is 4.74 Å². The molecule has 1 amide bonds. The van der Waals surface area contributed by atoms with Crippen LogP contribution in [0.1, 0.15) is 33.2 Å². The Hall–Kier alpha value is -2.29. The lowest BCUT2D eigenvalue weighted by Gasteiger charge is -2.32. The molecule has 1 aromatic heterocycles. The van der Waals surface area contributed by atoms with E-state index in [-0.39, 0.29) is 17.8 Å². The van der Waals surface area contributed by atoms with Crippen molar-refractivity contribution in [3.8, 4) is 11.5 Å². The Labute approximate surface area is 158 Å². The predicted octanol–water partition coefficient (Wildman–Crippen LogP) is 4.34. The normalized spacial score (nSPS) is 15.7. The lowest BCUT2D eigenvalue weighted by atomic mass is 10.1. The molecule has 0 unspecified atom stereocenters. The molecule has 0 bridgehead atoms. The standard InChI is InChI=1S/C18H19F3N2O3S/c1-11-16(27-12(2)22-11)17(24)23-8-6-13(7-9-23)25-14-4-3-5-15(10-14)26-18(19,20)21/h3-5,10,13H,6-9H2,1-2H3. The van der Waals surface area contributed by atoms with E-state index in [2.05, 4.69) is 9.72 Å². The number of aryl methyl sites for hydroxylation is 2. The van der Waals surface area contributed by atoms with Gasteiger partial charge in [0.25, 0.3) is 5.91 Å². The third-order valence-electron chi connectivity index (χ3n) is 4.17. The van der Waals surface area contributed by atoms with E-state index in [0.717, 1.165) is 10.7 Å². The van der Waals surface area contributed by atoms with Crippen molar-refractivity contribution in [2.24, 2.45) is 0 Å². The first-order chi connectivity index (χ1) is 12.7. The van der Waals surface area contributed by atoms with Crippen molar-refractivity contribution in [2.45, 2.75) is 39.2 Å². The molecule has 146 valence electrons. The number of likely N-dealkylation sites (tertiary alicyclic amines) is 1. The first-order valence-corrected chi connectivity index (χ1v) is 9.29. The van der Waals surface area contributed by atoms with Gasteiger partial charge in [0.2, 0.25) is 0 Å². The molecule has 0 N–H and O–H groups in total. The maximum absolute atomic E-state index is 12.6. The highest BCUT2D eigenvalue weighted by atomic mass is 32.1. The number of carbonyl (C=O) groups excluding carboxylic acids is 1. The van der Waals surface area contributed by atoms with E-state index in [1.54, 1.807) is 11.0 Å². The molecule has 0 spiro atoms. The predicted molar refractivity (Wildman–Crippen MR) is 94.3 cm³/mol. The Morgan fingerprint density at radius 3 is 2.48 bits per heavy atom. The number of piperidine rings is 1. The summed E-state index contributed by atoms with van der Waals surface area (Å²) in [5, 5.41) is 0.857. The van der Waals surface area contributed by atoms with Crippen molar-refractivity contribution in [3.05, 3.63) is 39.8 Å². The van der Waals surface area contributed by atoms with Gasteiger partial charge in [0.1, 0.15) is 22.5 Å². The summed E-state index contributed by atoms with van der Waals surface area (Å²) in [4.78, 5) is 19.3. The molecule has 9 heteroatoms. The Kier molecular flexibility index (Phi) is 5.59. The average Bonchev–Trinajstić information content (AvgIpc) is 2.92. The number of halogens is 3. The smallest absolute Gasteiger partial charge is 0.490 e. The fraction of sp³-hybridized carbons (Fsp3) is 0.444. The van der Waals surface area contributed by atoms with Crippen LogP contribution >= 0.6 is 11.3 Å². The van der Waals surface area contributed by atoms with Gasteiger partial charge in [-0.05, 0) is 26.0 Å². The van der Waals surface area contributed by atoms with Crippen LogP contribution in [-0.4, -0.2) is 41.3 Å². The number of hydrogen-bond donors (Lipinski definition) is 0.